The number of allylic oxidation sites excluding steroid dienone is 1. The van der Waals surface area contributed by atoms with Crippen molar-refractivity contribution < 1.29 is 9.53 Å². The SMILES string of the molecule is CC/C=C(/Cl)c1c(C)cccc1CC(=O)OC. The van der Waals surface area contributed by atoms with Crippen LogP contribution in [-0.4, -0.2) is 13.1 Å². The van der Waals surface area contributed by atoms with E-state index < -0.39 is 0 Å². The molecule has 0 saturated heterocycles. The summed E-state index contributed by atoms with van der Waals surface area (Å²) in [5, 5.41) is 0.699. The molecular weight excluding hydrogens is 236 g/mol. The molecule has 1 rings (SSSR count). The third kappa shape index (κ3) is 3.60. The van der Waals surface area contributed by atoms with Crippen molar-refractivity contribution in [2.45, 2.75) is 26.7 Å². The van der Waals surface area contributed by atoms with Gasteiger partial charge >= 0.3 is 5.97 Å². The molecule has 0 aliphatic carbocycles. The summed E-state index contributed by atoms with van der Waals surface area (Å²) < 4.78 is 4.69. The summed E-state index contributed by atoms with van der Waals surface area (Å²) in [6, 6.07) is 5.82. The minimum absolute atomic E-state index is 0.251. The Kier molecular flexibility index (Phi) is 5.23. The maximum absolute atomic E-state index is 11.3. The van der Waals surface area contributed by atoms with Crippen molar-refractivity contribution in [3.63, 3.8) is 0 Å². The second-order valence-corrected chi connectivity index (χ2v) is 4.23. The second kappa shape index (κ2) is 6.45. The molecule has 0 aliphatic heterocycles. The molecule has 0 N–H and O–H groups in total. The van der Waals surface area contributed by atoms with Gasteiger partial charge in [-0.1, -0.05) is 42.8 Å². The predicted octanol–water partition coefficient (Wildman–Crippen LogP) is 3.70. The molecule has 0 bridgehead atoms. The average Bonchev–Trinajstić information content (AvgIpc) is 2.29. The monoisotopic (exact) mass is 252 g/mol. The summed E-state index contributed by atoms with van der Waals surface area (Å²) in [4.78, 5) is 11.3. The standard InChI is InChI=1S/C14H17ClO2/c1-4-6-12(15)14-10(2)7-5-8-11(14)9-13(16)17-3/h5-8H,4,9H2,1-3H3/b12-6+. The predicted molar refractivity (Wildman–Crippen MR) is 71.0 cm³/mol. The number of hydrogen-bond donors (Lipinski definition) is 0. The van der Waals surface area contributed by atoms with E-state index >= 15 is 0 Å². The van der Waals surface area contributed by atoms with Gasteiger partial charge in [-0.05, 0) is 30.0 Å². The van der Waals surface area contributed by atoms with Gasteiger partial charge in [-0.25, -0.2) is 0 Å². The van der Waals surface area contributed by atoms with Gasteiger partial charge < -0.3 is 4.74 Å². The lowest BCUT2D eigenvalue weighted by molar-refractivity contribution is -0.139. The first-order valence-electron chi connectivity index (χ1n) is 5.61. The summed E-state index contributed by atoms with van der Waals surface area (Å²) in [5.41, 5.74) is 2.93. The quantitative estimate of drug-likeness (QED) is 0.764. The number of methoxy groups -OCH3 is 1. The molecular formula is C14H17ClO2. The minimum atomic E-state index is -0.252. The molecule has 0 aromatic heterocycles. The molecule has 2 nitrogen and oxygen atoms in total. The normalized spacial score (nSPS) is 11.4. The number of benzene rings is 1. The van der Waals surface area contributed by atoms with Crippen LogP contribution in [0, 0.1) is 6.92 Å². The Bertz CT molecular complexity index is 436. The molecule has 0 unspecified atom stereocenters. The van der Waals surface area contributed by atoms with E-state index in [4.69, 9.17) is 11.6 Å². The highest BCUT2D eigenvalue weighted by atomic mass is 35.5. The van der Waals surface area contributed by atoms with Crippen molar-refractivity contribution in [2.24, 2.45) is 0 Å². The molecule has 3 heteroatoms. The first-order chi connectivity index (χ1) is 8.10. The fourth-order valence-corrected chi connectivity index (χ4v) is 2.15. The van der Waals surface area contributed by atoms with Crippen LogP contribution in [-0.2, 0) is 16.0 Å². The van der Waals surface area contributed by atoms with E-state index in [9.17, 15) is 4.79 Å². The average molecular weight is 253 g/mol. The van der Waals surface area contributed by atoms with Crippen LogP contribution in [0.1, 0.15) is 30.0 Å². The number of ether oxygens (including phenoxy) is 1. The van der Waals surface area contributed by atoms with Crippen LogP contribution in [0.3, 0.4) is 0 Å². The van der Waals surface area contributed by atoms with Gasteiger partial charge in [0.2, 0.25) is 0 Å². The van der Waals surface area contributed by atoms with Crippen molar-refractivity contribution in [3.05, 3.63) is 41.0 Å². The van der Waals surface area contributed by atoms with Crippen LogP contribution in [0.25, 0.3) is 5.03 Å². The number of rotatable bonds is 4. The van der Waals surface area contributed by atoms with Gasteiger partial charge in [-0.3, -0.25) is 4.79 Å². The zero-order valence-electron chi connectivity index (χ0n) is 10.4. The Labute approximate surface area is 107 Å². The first-order valence-corrected chi connectivity index (χ1v) is 5.99. The van der Waals surface area contributed by atoms with Gasteiger partial charge in [0.05, 0.1) is 13.5 Å². The maximum atomic E-state index is 11.3. The molecule has 1 aromatic carbocycles. The molecule has 0 amide bonds. The molecule has 0 heterocycles. The molecule has 0 aliphatic rings. The molecule has 0 spiro atoms. The van der Waals surface area contributed by atoms with Gasteiger partial charge in [0.1, 0.15) is 0 Å². The van der Waals surface area contributed by atoms with Crippen LogP contribution in [0.5, 0.6) is 0 Å². The topological polar surface area (TPSA) is 26.3 Å². The maximum Gasteiger partial charge on any atom is 0.310 e. The third-order valence-electron chi connectivity index (χ3n) is 2.54. The van der Waals surface area contributed by atoms with Crippen molar-refractivity contribution in [3.8, 4) is 0 Å². The third-order valence-corrected chi connectivity index (χ3v) is 2.89. The molecule has 0 saturated carbocycles. The smallest absolute Gasteiger partial charge is 0.310 e. The van der Waals surface area contributed by atoms with Gasteiger partial charge in [0.25, 0.3) is 0 Å². The lowest BCUT2D eigenvalue weighted by Gasteiger charge is -2.11. The van der Waals surface area contributed by atoms with E-state index in [1.54, 1.807) is 0 Å². The van der Waals surface area contributed by atoms with Crippen molar-refractivity contribution in [1.82, 2.24) is 0 Å². The largest absolute Gasteiger partial charge is 0.469 e. The van der Waals surface area contributed by atoms with Crippen LogP contribution < -0.4 is 0 Å². The Morgan fingerprint density at radius 3 is 2.76 bits per heavy atom. The van der Waals surface area contributed by atoms with Crippen molar-refractivity contribution in [2.75, 3.05) is 7.11 Å². The number of halogens is 1. The number of aryl methyl sites for hydroxylation is 1. The van der Waals surface area contributed by atoms with Gasteiger partial charge in [-0.15, -0.1) is 0 Å². The zero-order chi connectivity index (χ0) is 12.8. The Hall–Kier alpha value is -1.28. The van der Waals surface area contributed by atoms with E-state index in [2.05, 4.69) is 4.74 Å². The Morgan fingerprint density at radius 2 is 2.18 bits per heavy atom. The van der Waals surface area contributed by atoms with E-state index in [1.807, 2.05) is 38.1 Å². The summed E-state index contributed by atoms with van der Waals surface area (Å²) in [5.74, 6) is -0.252. The summed E-state index contributed by atoms with van der Waals surface area (Å²) >= 11 is 6.25. The van der Waals surface area contributed by atoms with Crippen LogP contribution in [0.2, 0.25) is 0 Å². The van der Waals surface area contributed by atoms with Gasteiger partial charge in [-0.2, -0.15) is 0 Å². The molecule has 92 valence electrons. The number of hydrogen-bond acceptors (Lipinski definition) is 2. The first kappa shape index (κ1) is 13.8. The zero-order valence-corrected chi connectivity index (χ0v) is 11.2. The minimum Gasteiger partial charge on any atom is -0.469 e. The Morgan fingerprint density at radius 1 is 1.47 bits per heavy atom. The number of carbonyl (C=O) groups is 1. The fourth-order valence-electron chi connectivity index (χ4n) is 1.73. The van der Waals surface area contributed by atoms with Crippen molar-refractivity contribution >= 4 is 22.6 Å². The fraction of sp³-hybridized carbons (Fsp3) is 0.357. The Balaban J connectivity index is 3.17. The van der Waals surface area contributed by atoms with Crippen LogP contribution >= 0.6 is 11.6 Å². The summed E-state index contributed by atoms with van der Waals surface area (Å²) in [6.45, 7) is 4.02. The number of carbonyl (C=O) groups excluding carboxylic acids is 1. The highest BCUT2D eigenvalue weighted by Crippen LogP contribution is 2.27. The van der Waals surface area contributed by atoms with E-state index in [-0.39, 0.29) is 12.4 Å². The lowest BCUT2D eigenvalue weighted by atomic mass is 9.98. The van der Waals surface area contributed by atoms with Crippen LogP contribution in [0.4, 0.5) is 0 Å². The highest BCUT2D eigenvalue weighted by Gasteiger charge is 2.12. The lowest BCUT2D eigenvalue weighted by Crippen LogP contribution is -2.07. The molecule has 0 atom stereocenters. The highest BCUT2D eigenvalue weighted by molar-refractivity contribution is 6.49. The van der Waals surface area contributed by atoms with Gasteiger partial charge in [0, 0.05) is 5.03 Å². The van der Waals surface area contributed by atoms with Gasteiger partial charge in [0.15, 0.2) is 0 Å². The van der Waals surface area contributed by atoms with E-state index in [1.165, 1.54) is 7.11 Å². The second-order valence-electron chi connectivity index (χ2n) is 3.82. The molecule has 0 radical (unpaired) electrons. The molecule has 17 heavy (non-hydrogen) atoms. The molecule has 1 aromatic rings. The van der Waals surface area contributed by atoms with E-state index in [0.717, 1.165) is 23.1 Å². The van der Waals surface area contributed by atoms with Crippen molar-refractivity contribution in [1.29, 1.82) is 0 Å². The number of esters is 1. The van der Waals surface area contributed by atoms with E-state index in [0.29, 0.717) is 5.03 Å². The summed E-state index contributed by atoms with van der Waals surface area (Å²) in [7, 11) is 1.39. The van der Waals surface area contributed by atoms with Crippen LogP contribution in [0.15, 0.2) is 24.3 Å². The summed E-state index contributed by atoms with van der Waals surface area (Å²) in [6.07, 6.45) is 3.07. The molecule has 0 fully saturated rings.